The highest BCUT2D eigenvalue weighted by molar-refractivity contribution is 5.98. The van der Waals surface area contributed by atoms with Crippen LogP contribution in [0.5, 0.6) is 0 Å². The van der Waals surface area contributed by atoms with E-state index in [9.17, 15) is 19.7 Å². The van der Waals surface area contributed by atoms with Gasteiger partial charge in [0.25, 0.3) is 5.69 Å². The highest BCUT2D eigenvalue weighted by atomic mass is 16.6. The largest absolute Gasteiger partial charge is 0.457 e. The van der Waals surface area contributed by atoms with Crippen molar-refractivity contribution in [1.29, 1.82) is 0 Å². The van der Waals surface area contributed by atoms with Crippen molar-refractivity contribution in [2.75, 3.05) is 6.61 Å². The molecule has 1 aliphatic rings. The van der Waals surface area contributed by atoms with E-state index in [2.05, 4.69) is 0 Å². The molecule has 1 saturated carbocycles. The predicted molar refractivity (Wildman–Crippen MR) is 104 cm³/mol. The molecule has 1 fully saturated rings. The minimum atomic E-state index is -0.665. The highest BCUT2D eigenvalue weighted by Gasteiger charge is 2.18. The number of esters is 1. The molecule has 6 heteroatoms. The second-order valence-electron chi connectivity index (χ2n) is 7.10. The normalized spacial score (nSPS) is 14.4. The van der Waals surface area contributed by atoms with E-state index < -0.39 is 10.9 Å². The van der Waals surface area contributed by atoms with Crippen molar-refractivity contribution in [1.82, 2.24) is 0 Å². The number of carbonyl (C=O) groups is 2. The summed E-state index contributed by atoms with van der Waals surface area (Å²) < 4.78 is 5.03. The van der Waals surface area contributed by atoms with Crippen LogP contribution in [0, 0.1) is 10.1 Å². The minimum absolute atomic E-state index is 0.135. The molecule has 0 amide bonds. The van der Waals surface area contributed by atoms with Gasteiger partial charge < -0.3 is 4.74 Å². The zero-order valence-corrected chi connectivity index (χ0v) is 15.6. The molecule has 0 saturated heterocycles. The van der Waals surface area contributed by atoms with E-state index in [0.29, 0.717) is 11.5 Å². The Bertz CT molecular complexity index is 853. The Kier molecular flexibility index (Phi) is 6.53. The zero-order chi connectivity index (χ0) is 19.9. The van der Waals surface area contributed by atoms with Crippen LogP contribution in [0.1, 0.15) is 59.5 Å². The number of nitrogens with zero attached hydrogens (tertiary/aromatic N) is 1. The van der Waals surface area contributed by atoms with Crippen LogP contribution in [-0.2, 0) is 16.0 Å². The molecule has 2 aromatic carbocycles. The number of ether oxygens (including phenoxy) is 1. The van der Waals surface area contributed by atoms with E-state index in [-0.39, 0.29) is 30.1 Å². The zero-order valence-electron chi connectivity index (χ0n) is 15.6. The summed E-state index contributed by atoms with van der Waals surface area (Å²) in [6.07, 6.45) is 5.93. The van der Waals surface area contributed by atoms with Gasteiger partial charge in [0, 0.05) is 17.2 Å². The third-order valence-electron chi connectivity index (χ3n) is 5.20. The minimum Gasteiger partial charge on any atom is -0.457 e. The molecule has 0 unspecified atom stereocenters. The highest BCUT2D eigenvalue weighted by Crippen LogP contribution is 2.32. The van der Waals surface area contributed by atoms with Crippen LogP contribution in [0.4, 0.5) is 5.69 Å². The van der Waals surface area contributed by atoms with Crippen LogP contribution >= 0.6 is 0 Å². The van der Waals surface area contributed by atoms with Gasteiger partial charge in [0.1, 0.15) is 0 Å². The van der Waals surface area contributed by atoms with Crippen molar-refractivity contribution >= 4 is 17.4 Å². The SMILES string of the molecule is O=C(Cc1ccccc1[N+](=O)[O-])OCC(=O)c1ccc(C2CCCCC2)cc1. The fraction of sp³-hybridized carbons (Fsp3) is 0.364. The van der Waals surface area contributed by atoms with Crippen molar-refractivity contribution in [3.8, 4) is 0 Å². The number of Topliss-reactive ketones (excluding diaryl/α,β-unsaturated/α-hetero) is 1. The molecular formula is C22H23NO5. The van der Waals surface area contributed by atoms with Crippen molar-refractivity contribution in [3.05, 3.63) is 75.3 Å². The van der Waals surface area contributed by atoms with E-state index in [0.717, 1.165) is 0 Å². The molecule has 0 atom stereocenters. The van der Waals surface area contributed by atoms with Crippen molar-refractivity contribution < 1.29 is 19.2 Å². The summed E-state index contributed by atoms with van der Waals surface area (Å²) in [6.45, 7) is -0.373. The third-order valence-corrected chi connectivity index (χ3v) is 5.20. The number of nitro groups is 1. The van der Waals surface area contributed by atoms with E-state index in [4.69, 9.17) is 4.74 Å². The second-order valence-corrected chi connectivity index (χ2v) is 7.10. The van der Waals surface area contributed by atoms with Gasteiger partial charge in [-0.15, -0.1) is 0 Å². The van der Waals surface area contributed by atoms with Crippen LogP contribution in [0.3, 0.4) is 0 Å². The van der Waals surface area contributed by atoms with Gasteiger partial charge in [-0.05, 0) is 24.3 Å². The molecule has 0 N–H and O–H groups in total. The van der Waals surface area contributed by atoms with Crippen LogP contribution in [0.25, 0.3) is 0 Å². The summed E-state index contributed by atoms with van der Waals surface area (Å²) in [5, 5.41) is 11.0. The Hall–Kier alpha value is -3.02. The lowest BCUT2D eigenvalue weighted by molar-refractivity contribution is -0.385. The van der Waals surface area contributed by atoms with Crippen LogP contribution in [0.2, 0.25) is 0 Å². The number of hydrogen-bond acceptors (Lipinski definition) is 5. The van der Waals surface area contributed by atoms with Crippen LogP contribution in [-0.4, -0.2) is 23.3 Å². The molecule has 0 spiro atoms. The Morgan fingerprint density at radius 1 is 1.00 bits per heavy atom. The lowest BCUT2D eigenvalue weighted by atomic mass is 9.84. The molecule has 0 heterocycles. The van der Waals surface area contributed by atoms with Gasteiger partial charge in [0.2, 0.25) is 0 Å². The lowest BCUT2D eigenvalue weighted by Crippen LogP contribution is -2.16. The summed E-state index contributed by atoms with van der Waals surface area (Å²) in [4.78, 5) is 34.7. The molecule has 3 rings (SSSR count). The molecule has 2 aromatic rings. The van der Waals surface area contributed by atoms with Gasteiger partial charge in [-0.25, -0.2) is 0 Å². The Labute approximate surface area is 163 Å². The first-order chi connectivity index (χ1) is 13.5. The van der Waals surface area contributed by atoms with Gasteiger partial charge in [-0.1, -0.05) is 61.7 Å². The number of nitro benzene ring substituents is 1. The molecular weight excluding hydrogens is 358 g/mol. The third kappa shape index (κ3) is 5.03. The molecule has 0 aromatic heterocycles. The molecule has 1 aliphatic carbocycles. The summed E-state index contributed by atoms with van der Waals surface area (Å²) in [6, 6.07) is 13.5. The molecule has 146 valence electrons. The first kappa shape index (κ1) is 19.7. The number of para-hydroxylation sites is 1. The average Bonchev–Trinajstić information content (AvgIpc) is 2.73. The molecule has 0 aliphatic heterocycles. The first-order valence-corrected chi connectivity index (χ1v) is 9.55. The topological polar surface area (TPSA) is 86.5 Å². The fourth-order valence-electron chi connectivity index (χ4n) is 3.65. The van der Waals surface area contributed by atoms with E-state index in [1.165, 1.54) is 55.9 Å². The maximum absolute atomic E-state index is 12.3. The molecule has 28 heavy (non-hydrogen) atoms. The average molecular weight is 381 g/mol. The molecule has 0 radical (unpaired) electrons. The van der Waals surface area contributed by atoms with Crippen LogP contribution < -0.4 is 0 Å². The molecule has 0 bridgehead atoms. The summed E-state index contributed by atoms with van der Waals surface area (Å²) >= 11 is 0. The second kappa shape index (κ2) is 9.26. The molecule has 6 nitrogen and oxygen atoms in total. The summed E-state index contributed by atoms with van der Waals surface area (Å²) in [7, 11) is 0. The van der Waals surface area contributed by atoms with E-state index >= 15 is 0 Å². The van der Waals surface area contributed by atoms with Crippen molar-refractivity contribution in [3.63, 3.8) is 0 Å². The Balaban J connectivity index is 1.53. The van der Waals surface area contributed by atoms with Crippen LogP contribution in [0.15, 0.2) is 48.5 Å². The van der Waals surface area contributed by atoms with Gasteiger partial charge in [0.15, 0.2) is 12.4 Å². The number of carbonyl (C=O) groups excluding carboxylic acids is 2. The van der Waals surface area contributed by atoms with Crippen molar-refractivity contribution in [2.45, 2.75) is 44.4 Å². The van der Waals surface area contributed by atoms with Gasteiger partial charge in [-0.3, -0.25) is 19.7 Å². The maximum atomic E-state index is 12.3. The smallest absolute Gasteiger partial charge is 0.310 e. The van der Waals surface area contributed by atoms with Gasteiger partial charge in [0.05, 0.1) is 11.3 Å². The summed E-state index contributed by atoms with van der Waals surface area (Å²) in [5.74, 6) is -0.384. The number of hydrogen-bond donors (Lipinski definition) is 0. The van der Waals surface area contributed by atoms with E-state index in [1.807, 2.05) is 12.1 Å². The van der Waals surface area contributed by atoms with Crippen molar-refractivity contribution in [2.24, 2.45) is 0 Å². The lowest BCUT2D eigenvalue weighted by Gasteiger charge is -2.22. The van der Waals surface area contributed by atoms with E-state index in [1.54, 1.807) is 18.2 Å². The summed E-state index contributed by atoms with van der Waals surface area (Å²) in [5.41, 5.74) is 1.88. The number of ketones is 1. The number of benzene rings is 2. The standard InChI is InChI=1S/C22H23NO5/c24-21(18-12-10-17(11-13-18)16-6-2-1-3-7-16)15-28-22(25)14-19-8-4-5-9-20(19)23(26)27/h4-5,8-13,16H,1-3,6-7,14-15H2. The maximum Gasteiger partial charge on any atom is 0.310 e. The van der Waals surface area contributed by atoms with Gasteiger partial charge in [-0.2, -0.15) is 0 Å². The number of rotatable bonds is 7. The predicted octanol–water partition coefficient (Wildman–Crippen LogP) is 4.61. The first-order valence-electron chi connectivity index (χ1n) is 9.55. The Morgan fingerprint density at radius 2 is 1.68 bits per heavy atom. The Morgan fingerprint density at radius 3 is 2.36 bits per heavy atom. The monoisotopic (exact) mass is 381 g/mol. The fourth-order valence-corrected chi connectivity index (χ4v) is 3.65. The quantitative estimate of drug-likeness (QED) is 0.302. The van der Waals surface area contributed by atoms with Gasteiger partial charge >= 0.3 is 5.97 Å².